The summed E-state index contributed by atoms with van der Waals surface area (Å²) >= 11 is 5.75. The SMILES string of the molecule is Cc1cc(CNc2ccnc(Cl)c2)no1. The monoisotopic (exact) mass is 223 g/mol. The van der Waals surface area contributed by atoms with Crippen molar-refractivity contribution < 1.29 is 4.52 Å². The van der Waals surface area contributed by atoms with Crippen LogP contribution in [0.25, 0.3) is 0 Å². The number of hydrogen-bond donors (Lipinski definition) is 1. The summed E-state index contributed by atoms with van der Waals surface area (Å²) < 4.78 is 4.95. The fraction of sp³-hybridized carbons (Fsp3) is 0.200. The van der Waals surface area contributed by atoms with Crippen LogP contribution in [0.1, 0.15) is 11.5 Å². The van der Waals surface area contributed by atoms with Crippen LogP contribution in [-0.4, -0.2) is 10.1 Å². The Morgan fingerprint density at radius 2 is 2.33 bits per heavy atom. The van der Waals surface area contributed by atoms with E-state index in [1.54, 1.807) is 12.3 Å². The average molecular weight is 224 g/mol. The minimum Gasteiger partial charge on any atom is -0.379 e. The second-order valence-corrected chi connectivity index (χ2v) is 3.54. The Morgan fingerprint density at radius 3 is 3.00 bits per heavy atom. The van der Waals surface area contributed by atoms with E-state index in [0.29, 0.717) is 11.7 Å². The topological polar surface area (TPSA) is 51.0 Å². The first-order chi connectivity index (χ1) is 7.24. The highest BCUT2D eigenvalue weighted by atomic mass is 35.5. The van der Waals surface area contributed by atoms with Crippen molar-refractivity contribution in [2.24, 2.45) is 0 Å². The molecule has 0 amide bonds. The molecule has 0 unspecified atom stereocenters. The van der Waals surface area contributed by atoms with Crippen molar-refractivity contribution in [3.05, 3.63) is 41.0 Å². The molecule has 4 nitrogen and oxygen atoms in total. The van der Waals surface area contributed by atoms with Crippen LogP contribution in [0.3, 0.4) is 0 Å². The van der Waals surface area contributed by atoms with Crippen LogP contribution >= 0.6 is 11.6 Å². The summed E-state index contributed by atoms with van der Waals surface area (Å²) in [4.78, 5) is 3.89. The van der Waals surface area contributed by atoms with Gasteiger partial charge in [0.25, 0.3) is 0 Å². The molecule has 1 N–H and O–H groups in total. The molecule has 15 heavy (non-hydrogen) atoms. The molecule has 2 aromatic rings. The minimum absolute atomic E-state index is 0.469. The molecule has 0 radical (unpaired) electrons. The first-order valence-corrected chi connectivity index (χ1v) is 4.89. The van der Waals surface area contributed by atoms with Crippen molar-refractivity contribution in [1.29, 1.82) is 0 Å². The molecular formula is C10H10ClN3O. The molecule has 0 saturated carbocycles. The van der Waals surface area contributed by atoms with E-state index in [1.807, 2.05) is 19.1 Å². The standard InChI is InChI=1S/C10H10ClN3O/c1-7-4-9(14-15-7)6-13-8-2-3-12-10(11)5-8/h2-5H,6H2,1H3,(H,12,13). The van der Waals surface area contributed by atoms with Crippen LogP contribution in [0.15, 0.2) is 28.9 Å². The van der Waals surface area contributed by atoms with Gasteiger partial charge in [0, 0.05) is 18.0 Å². The Morgan fingerprint density at radius 1 is 1.47 bits per heavy atom. The molecule has 0 fully saturated rings. The molecule has 0 aromatic carbocycles. The average Bonchev–Trinajstić information content (AvgIpc) is 2.62. The number of anilines is 1. The van der Waals surface area contributed by atoms with Gasteiger partial charge in [-0.25, -0.2) is 4.98 Å². The number of aromatic nitrogens is 2. The quantitative estimate of drug-likeness (QED) is 0.813. The maximum absolute atomic E-state index is 5.75. The zero-order chi connectivity index (χ0) is 10.7. The molecule has 2 rings (SSSR count). The second kappa shape index (κ2) is 4.31. The van der Waals surface area contributed by atoms with E-state index in [0.717, 1.165) is 17.1 Å². The highest BCUT2D eigenvalue weighted by Gasteiger charge is 2.00. The minimum atomic E-state index is 0.469. The highest BCUT2D eigenvalue weighted by Crippen LogP contribution is 2.13. The first kappa shape index (κ1) is 9.98. The van der Waals surface area contributed by atoms with Crippen LogP contribution in [-0.2, 0) is 6.54 Å². The number of aryl methyl sites for hydroxylation is 1. The summed E-state index contributed by atoms with van der Waals surface area (Å²) in [6, 6.07) is 5.49. The van der Waals surface area contributed by atoms with Gasteiger partial charge in [-0.05, 0) is 19.1 Å². The Bertz CT molecular complexity index is 455. The van der Waals surface area contributed by atoms with Gasteiger partial charge < -0.3 is 9.84 Å². The van der Waals surface area contributed by atoms with Crippen molar-refractivity contribution in [3.8, 4) is 0 Å². The third-order valence-electron chi connectivity index (χ3n) is 1.88. The normalized spacial score (nSPS) is 10.3. The van der Waals surface area contributed by atoms with Crippen LogP contribution in [0.2, 0.25) is 5.15 Å². The highest BCUT2D eigenvalue weighted by molar-refractivity contribution is 6.29. The molecule has 0 spiro atoms. The Labute approximate surface area is 92.3 Å². The molecule has 0 bridgehead atoms. The summed E-state index contributed by atoms with van der Waals surface area (Å²) in [6.45, 7) is 2.47. The summed E-state index contributed by atoms with van der Waals surface area (Å²) in [6.07, 6.45) is 1.65. The van der Waals surface area contributed by atoms with Gasteiger partial charge in [-0.2, -0.15) is 0 Å². The lowest BCUT2D eigenvalue weighted by Crippen LogP contribution is -1.99. The Balaban J connectivity index is 1.99. The number of nitrogens with zero attached hydrogens (tertiary/aromatic N) is 2. The van der Waals surface area contributed by atoms with Gasteiger partial charge >= 0.3 is 0 Å². The van der Waals surface area contributed by atoms with Gasteiger partial charge in [0.1, 0.15) is 16.6 Å². The van der Waals surface area contributed by atoms with Crippen molar-refractivity contribution in [2.45, 2.75) is 13.5 Å². The smallest absolute Gasteiger partial charge is 0.133 e. The molecule has 0 aliphatic heterocycles. The van der Waals surface area contributed by atoms with Crippen LogP contribution < -0.4 is 5.32 Å². The van der Waals surface area contributed by atoms with Crippen molar-refractivity contribution in [2.75, 3.05) is 5.32 Å². The molecule has 2 aromatic heterocycles. The van der Waals surface area contributed by atoms with Crippen molar-refractivity contribution in [1.82, 2.24) is 10.1 Å². The second-order valence-electron chi connectivity index (χ2n) is 3.15. The number of rotatable bonds is 3. The summed E-state index contributed by atoms with van der Waals surface area (Å²) in [7, 11) is 0. The molecule has 5 heteroatoms. The maximum Gasteiger partial charge on any atom is 0.133 e. The van der Waals surface area contributed by atoms with Crippen molar-refractivity contribution >= 4 is 17.3 Å². The summed E-state index contributed by atoms with van der Waals surface area (Å²) in [5, 5.41) is 7.50. The van der Waals surface area contributed by atoms with Crippen molar-refractivity contribution in [3.63, 3.8) is 0 Å². The van der Waals surface area contributed by atoms with Crippen LogP contribution in [0, 0.1) is 6.92 Å². The fourth-order valence-electron chi connectivity index (χ4n) is 1.21. The number of nitrogens with one attached hydrogen (secondary N) is 1. The number of halogens is 1. The van der Waals surface area contributed by atoms with Crippen LogP contribution in [0.4, 0.5) is 5.69 Å². The molecule has 78 valence electrons. The van der Waals surface area contributed by atoms with E-state index in [4.69, 9.17) is 16.1 Å². The fourth-order valence-corrected chi connectivity index (χ4v) is 1.38. The summed E-state index contributed by atoms with van der Waals surface area (Å²) in [5.74, 6) is 0.805. The molecule has 0 aliphatic carbocycles. The van der Waals surface area contributed by atoms with Gasteiger partial charge in [-0.15, -0.1) is 0 Å². The zero-order valence-corrected chi connectivity index (χ0v) is 8.95. The molecule has 0 atom stereocenters. The zero-order valence-electron chi connectivity index (χ0n) is 8.20. The van der Waals surface area contributed by atoms with Gasteiger partial charge in [-0.1, -0.05) is 16.8 Å². The largest absolute Gasteiger partial charge is 0.379 e. The van der Waals surface area contributed by atoms with E-state index < -0.39 is 0 Å². The van der Waals surface area contributed by atoms with Gasteiger partial charge in [0.2, 0.25) is 0 Å². The number of hydrogen-bond acceptors (Lipinski definition) is 4. The first-order valence-electron chi connectivity index (χ1n) is 4.51. The van der Waals surface area contributed by atoms with E-state index >= 15 is 0 Å². The third kappa shape index (κ3) is 2.70. The van der Waals surface area contributed by atoms with E-state index in [9.17, 15) is 0 Å². The third-order valence-corrected chi connectivity index (χ3v) is 2.08. The predicted molar refractivity (Wildman–Crippen MR) is 57.8 cm³/mol. The van der Waals surface area contributed by atoms with Gasteiger partial charge in [-0.3, -0.25) is 0 Å². The van der Waals surface area contributed by atoms with E-state index in [-0.39, 0.29) is 0 Å². The summed E-state index contributed by atoms with van der Waals surface area (Å²) in [5.41, 5.74) is 1.77. The lowest BCUT2D eigenvalue weighted by molar-refractivity contribution is 0.391. The van der Waals surface area contributed by atoms with E-state index in [1.165, 1.54) is 0 Å². The molecule has 0 aliphatic rings. The number of pyridine rings is 1. The Hall–Kier alpha value is -1.55. The van der Waals surface area contributed by atoms with Crippen LogP contribution in [0.5, 0.6) is 0 Å². The molecule has 0 saturated heterocycles. The Kier molecular flexibility index (Phi) is 2.87. The lowest BCUT2D eigenvalue weighted by atomic mass is 10.3. The lowest BCUT2D eigenvalue weighted by Gasteiger charge is -2.02. The predicted octanol–water partition coefficient (Wildman–Crippen LogP) is 2.64. The van der Waals surface area contributed by atoms with Gasteiger partial charge in [0.05, 0.1) is 6.54 Å². The molecule has 2 heterocycles. The maximum atomic E-state index is 5.75. The van der Waals surface area contributed by atoms with Gasteiger partial charge in [0.15, 0.2) is 0 Å². The molecular weight excluding hydrogens is 214 g/mol. The van der Waals surface area contributed by atoms with E-state index in [2.05, 4.69) is 15.5 Å².